The summed E-state index contributed by atoms with van der Waals surface area (Å²) in [4.78, 5) is 0. The van der Waals surface area contributed by atoms with Crippen LogP contribution in [0.5, 0.6) is 5.75 Å². The minimum atomic E-state index is -0.249. The van der Waals surface area contributed by atoms with Crippen LogP contribution < -0.4 is 10.1 Å². The highest BCUT2D eigenvalue weighted by Crippen LogP contribution is 2.23. The van der Waals surface area contributed by atoms with E-state index in [4.69, 9.17) is 4.74 Å². The third kappa shape index (κ3) is 4.35. The summed E-state index contributed by atoms with van der Waals surface area (Å²) in [5.41, 5.74) is 0. The normalized spacial score (nSPS) is 16.3. The molecule has 0 aliphatic heterocycles. The van der Waals surface area contributed by atoms with Gasteiger partial charge >= 0.3 is 0 Å². The summed E-state index contributed by atoms with van der Waals surface area (Å²) in [5.74, 6) is 1.21. The van der Waals surface area contributed by atoms with Crippen molar-refractivity contribution in [2.75, 3.05) is 19.7 Å². The maximum Gasteiger partial charge on any atom is 0.126 e. The van der Waals surface area contributed by atoms with Crippen LogP contribution in [-0.2, 0) is 0 Å². The number of hydrogen-bond acceptors (Lipinski definition) is 2. The first-order valence-corrected chi connectivity index (χ1v) is 6.44. The Kier molecular flexibility index (Phi) is 4.80. The van der Waals surface area contributed by atoms with Crippen molar-refractivity contribution in [1.82, 2.24) is 5.32 Å². The Balaban J connectivity index is 1.56. The zero-order chi connectivity index (χ0) is 11.9. The molecule has 0 amide bonds. The summed E-state index contributed by atoms with van der Waals surface area (Å²) in [6.45, 7) is 2.51. The van der Waals surface area contributed by atoms with Crippen molar-refractivity contribution >= 4 is 0 Å². The van der Waals surface area contributed by atoms with E-state index in [1.165, 1.54) is 37.8 Å². The van der Waals surface area contributed by atoms with E-state index in [0.29, 0.717) is 12.4 Å². The lowest BCUT2D eigenvalue weighted by molar-refractivity contribution is 0.307. The SMILES string of the molecule is Fc1cccc(OCCNCC2CCCC2)c1. The lowest BCUT2D eigenvalue weighted by Crippen LogP contribution is -2.26. The molecule has 0 bridgehead atoms. The van der Waals surface area contributed by atoms with Gasteiger partial charge in [-0.15, -0.1) is 0 Å². The average Bonchev–Trinajstić information content (AvgIpc) is 2.82. The van der Waals surface area contributed by atoms with E-state index in [2.05, 4.69) is 5.32 Å². The molecule has 0 atom stereocenters. The molecule has 0 heterocycles. The standard InChI is InChI=1S/C14H20FNO/c15-13-6-3-7-14(10-13)17-9-8-16-11-12-4-1-2-5-12/h3,6-7,10,12,16H,1-2,4-5,8-9,11H2. The molecule has 0 aromatic heterocycles. The topological polar surface area (TPSA) is 21.3 Å². The maximum atomic E-state index is 12.9. The number of nitrogens with one attached hydrogen (secondary N) is 1. The van der Waals surface area contributed by atoms with Gasteiger partial charge in [0, 0.05) is 12.6 Å². The van der Waals surface area contributed by atoms with Crippen molar-refractivity contribution in [3.8, 4) is 5.75 Å². The molecule has 1 aromatic rings. The lowest BCUT2D eigenvalue weighted by atomic mass is 10.1. The Morgan fingerprint density at radius 3 is 2.88 bits per heavy atom. The Bertz CT molecular complexity index is 337. The molecule has 1 aliphatic rings. The van der Waals surface area contributed by atoms with Crippen molar-refractivity contribution in [3.63, 3.8) is 0 Å². The van der Waals surface area contributed by atoms with E-state index in [1.54, 1.807) is 12.1 Å². The van der Waals surface area contributed by atoms with Crippen LogP contribution in [-0.4, -0.2) is 19.7 Å². The molecule has 0 radical (unpaired) electrons. The minimum absolute atomic E-state index is 0.249. The molecule has 0 saturated heterocycles. The largest absolute Gasteiger partial charge is 0.492 e. The molecule has 94 valence electrons. The number of rotatable bonds is 6. The Morgan fingerprint density at radius 1 is 1.29 bits per heavy atom. The minimum Gasteiger partial charge on any atom is -0.492 e. The van der Waals surface area contributed by atoms with Crippen LogP contribution in [0.4, 0.5) is 4.39 Å². The highest BCUT2D eigenvalue weighted by molar-refractivity contribution is 5.22. The van der Waals surface area contributed by atoms with Gasteiger partial charge < -0.3 is 10.1 Å². The van der Waals surface area contributed by atoms with Gasteiger partial charge in [-0.3, -0.25) is 0 Å². The fraction of sp³-hybridized carbons (Fsp3) is 0.571. The second-order valence-corrected chi connectivity index (χ2v) is 4.66. The second-order valence-electron chi connectivity index (χ2n) is 4.66. The van der Waals surface area contributed by atoms with Gasteiger partial charge in [-0.05, 0) is 37.4 Å². The number of benzene rings is 1. The summed E-state index contributed by atoms with van der Waals surface area (Å²) in [6, 6.07) is 6.28. The summed E-state index contributed by atoms with van der Waals surface area (Å²) >= 11 is 0. The zero-order valence-electron chi connectivity index (χ0n) is 10.1. The van der Waals surface area contributed by atoms with Gasteiger partial charge in [0.25, 0.3) is 0 Å². The van der Waals surface area contributed by atoms with E-state index in [0.717, 1.165) is 19.0 Å². The van der Waals surface area contributed by atoms with Crippen LogP contribution in [0.3, 0.4) is 0 Å². The first-order valence-electron chi connectivity index (χ1n) is 6.44. The molecule has 1 saturated carbocycles. The molecule has 0 unspecified atom stereocenters. The van der Waals surface area contributed by atoms with Gasteiger partial charge in [0.2, 0.25) is 0 Å². The molecule has 1 aromatic carbocycles. The van der Waals surface area contributed by atoms with Crippen LogP contribution >= 0.6 is 0 Å². The van der Waals surface area contributed by atoms with Gasteiger partial charge in [-0.1, -0.05) is 18.9 Å². The van der Waals surface area contributed by atoms with Crippen LogP contribution in [0, 0.1) is 11.7 Å². The van der Waals surface area contributed by atoms with Crippen molar-refractivity contribution in [2.45, 2.75) is 25.7 Å². The van der Waals surface area contributed by atoms with E-state index >= 15 is 0 Å². The van der Waals surface area contributed by atoms with E-state index < -0.39 is 0 Å². The van der Waals surface area contributed by atoms with Gasteiger partial charge in [0.1, 0.15) is 18.2 Å². The quantitative estimate of drug-likeness (QED) is 0.768. The molecule has 3 heteroatoms. The van der Waals surface area contributed by atoms with Gasteiger partial charge in [0.05, 0.1) is 0 Å². The first kappa shape index (κ1) is 12.4. The number of halogens is 1. The molecular weight excluding hydrogens is 217 g/mol. The van der Waals surface area contributed by atoms with Crippen molar-refractivity contribution < 1.29 is 9.13 Å². The van der Waals surface area contributed by atoms with Crippen LogP contribution in [0.2, 0.25) is 0 Å². The molecule has 2 nitrogen and oxygen atoms in total. The molecule has 1 N–H and O–H groups in total. The molecule has 2 rings (SSSR count). The molecule has 1 aliphatic carbocycles. The number of ether oxygens (including phenoxy) is 1. The van der Waals surface area contributed by atoms with E-state index in [-0.39, 0.29) is 5.82 Å². The fourth-order valence-corrected chi connectivity index (χ4v) is 2.32. The maximum absolute atomic E-state index is 12.9. The van der Waals surface area contributed by atoms with Gasteiger partial charge in [-0.25, -0.2) is 4.39 Å². The Morgan fingerprint density at radius 2 is 2.12 bits per heavy atom. The lowest BCUT2D eigenvalue weighted by Gasteiger charge is -2.11. The monoisotopic (exact) mass is 237 g/mol. The smallest absolute Gasteiger partial charge is 0.126 e. The third-order valence-electron chi connectivity index (χ3n) is 3.25. The summed E-state index contributed by atoms with van der Waals surface area (Å²) in [7, 11) is 0. The average molecular weight is 237 g/mol. The first-order chi connectivity index (χ1) is 8.34. The van der Waals surface area contributed by atoms with Crippen LogP contribution in [0.15, 0.2) is 24.3 Å². The summed E-state index contributed by atoms with van der Waals surface area (Å²) < 4.78 is 18.3. The van der Waals surface area contributed by atoms with Crippen molar-refractivity contribution in [2.24, 2.45) is 5.92 Å². The Labute approximate surface area is 102 Å². The van der Waals surface area contributed by atoms with E-state index in [1.807, 2.05) is 0 Å². The van der Waals surface area contributed by atoms with Crippen LogP contribution in [0.1, 0.15) is 25.7 Å². The molecule has 17 heavy (non-hydrogen) atoms. The van der Waals surface area contributed by atoms with Crippen molar-refractivity contribution in [1.29, 1.82) is 0 Å². The van der Waals surface area contributed by atoms with Crippen LogP contribution in [0.25, 0.3) is 0 Å². The fourth-order valence-electron chi connectivity index (χ4n) is 2.32. The highest BCUT2D eigenvalue weighted by Gasteiger charge is 2.13. The number of hydrogen-bond donors (Lipinski definition) is 1. The summed E-state index contributed by atoms with van der Waals surface area (Å²) in [6.07, 6.45) is 5.48. The Hall–Kier alpha value is -1.09. The van der Waals surface area contributed by atoms with Crippen molar-refractivity contribution in [3.05, 3.63) is 30.1 Å². The summed E-state index contributed by atoms with van der Waals surface area (Å²) in [5, 5.41) is 3.39. The predicted octanol–water partition coefficient (Wildman–Crippen LogP) is 2.98. The molecule has 0 spiro atoms. The highest BCUT2D eigenvalue weighted by atomic mass is 19.1. The van der Waals surface area contributed by atoms with E-state index in [9.17, 15) is 4.39 Å². The van der Waals surface area contributed by atoms with Gasteiger partial charge in [0.15, 0.2) is 0 Å². The molecule has 1 fully saturated rings. The molecular formula is C14H20FNO. The zero-order valence-corrected chi connectivity index (χ0v) is 10.1. The van der Waals surface area contributed by atoms with Gasteiger partial charge in [-0.2, -0.15) is 0 Å². The second kappa shape index (κ2) is 6.60. The predicted molar refractivity (Wildman–Crippen MR) is 66.7 cm³/mol. The third-order valence-corrected chi connectivity index (χ3v) is 3.25.